The molecular weight excluding hydrogens is 292 g/mol. The fourth-order valence-corrected chi connectivity index (χ4v) is 2.76. The van der Waals surface area contributed by atoms with Gasteiger partial charge >= 0.3 is 6.09 Å². The molecule has 0 aromatic carbocycles. The van der Waals surface area contributed by atoms with Crippen LogP contribution in [0.2, 0.25) is 0 Å². The van der Waals surface area contributed by atoms with Gasteiger partial charge in [0.2, 0.25) is 0 Å². The molecular formula is C17H28N4O2. The van der Waals surface area contributed by atoms with Gasteiger partial charge in [0.1, 0.15) is 11.4 Å². The van der Waals surface area contributed by atoms with Crippen LogP contribution in [0.3, 0.4) is 0 Å². The van der Waals surface area contributed by atoms with E-state index in [4.69, 9.17) is 10.5 Å². The van der Waals surface area contributed by atoms with E-state index in [1.165, 1.54) is 0 Å². The van der Waals surface area contributed by atoms with E-state index in [2.05, 4.69) is 23.7 Å². The predicted molar refractivity (Wildman–Crippen MR) is 91.4 cm³/mol. The number of aromatic nitrogens is 1. The maximum atomic E-state index is 12.4. The fourth-order valence-electron chi connectivity index (χ4n) is 2.76. The monoisotopic (exact) mass is 320 g/mol. The Hall–Kier alpha value is -1.82. The van der Waals surface area contributed by atoms with E-state index in [0.717, 1.165) is 18.1 Å². The van der Waals surface area contributed by atoms with Crippen molar-refractivity contribution in [2.75, 3.05) is 24.5 Å². The van der Waals surface area contributed by atoms with Crippen LogP contribution in [-0.4, -0.2) is 46.8 Å². The number of nitrogens with two attached hydrogens (primary N) is 1. The van der Waals surface area contributed by atoms with Gasteiger partial charge < -0.3 is 15.4 Å². The minimum atomic E-state index is -0.485. The molecule has 2 rings (SSSR count). The normalized spacial score (nSPS) is 18.0. The number of amides is 1. The lowest BCUT2D eigenvalue weighted by Crippen LogP contribution is -2.62. The molecule has 6 nitrogen and oxygen atoms in total. The van der Waals surface area contributed by atoms with Crippen LogP contribution in [0.15, 0.2) is 18.2 Å². The molecule has 0 aliphatic carbocycles. The molecule has 1 amide bonds. The second kappa shape index (κ2) is 6.35. The largest absolute Gasteiger partial charge is 0.444 e. The van der Waals surface area contributed by atoms with E-state index in [1.807, 2.05) is 43.9 Å². The molecule has 6 heteroatoms. The molecule has 1 aliphatic rings. The molecule has 0 atom stereocenters. The highest BCUT2D eigenvalue weighted by atomic mass is 16.6. The first-order chi connectivity index (χ1) is 10.6. The summed E-state index contributed by atoms with van der Waals surface area (Å²) in [5.41, 5.74) is 5.72. The standard InChI is InChI=1S/C17H28N4O2/c1-16(2,3)23-15(22)21-10-9-20(12-17(21,4)5)14-8-6-7-13(11-18)19-14/h6-8H,9-12,18H2,1-5H3. The molecule has 0 radical (unpaired) electrons. The minimum absolute atomic E-state index is 0.259. The average Bonchev–Trinajstić information content (AvgIpc) is 2.44. The molecule has 0 saturated carbocycles. The van der Waals surface area contributed by atoms with Gasteiger partial charge in [0, 0.05) is 26.2 Å². The number of pyridine rings is 1. The van der Waals surface area contributed by atoms with Crippen LogP contribution in [0.25, 0.3) is 0 Å². The number of nitrogens with zero attached hydrogens (tertiary/aromatic N) is 3. The summed E-state index contributed by atoms with van der Waals surface area (Å²) in [6.45, 7) is 12.2. The van der Waals surface area contributed by atoms with Gasteiger partial charge in [-0.05, 0) is 46.8 Å². The molecule has 1 fully saturated rings. The molecule has 0 bridgehead atoms. The van der Waals surface area contributed by atoms with Crippen molar-refractivity contribution in [1.82, 2.24) is 9.88 Å². The Morgan fingerprint density at radius 3 is 2.61 bits per heavy atom. The highest BCUT2D eigenvalue weighted by Crippen LogP contribution is 2.26. The first kappa shape index (κ1) is 17.5. The SMILES string of the molecule is CC(C)(C)OC(=O)N1CCN(c2cccc(CN)n2)CC1(C)C. The summed E-state index contributed by atoms with van der Waals surface area (Å²) in [5.74, 6) is 0.907. The van der Waals surface area contributed by atoms with Gasteiger partial charge in [0.15, 0.2) is 0 Å². The van der Waals surface area contributed by atoms with Crippen molar-refractivity contribution in [3.63, 3.8) is 0 Å². The molecule has 2 heterocycles. The molecule has 0 unspecified atom stereocenters. The zero-order valence-electron chi connectivity index (χ0n) is 14.8. The molecule has 1 aromatic rings. The number of carbonyl (C=O) groups is 1. The van der Waals surface area contributed by atoms with Crippen LogP contribution in [0.1, 0.15) is 40.3 Å². The van der Waals surface area contributed by atoms with Crippen molar-refractivity contribution < 1.29 is 9.53 Å². The maximum absolute atomic E-state index is 12.4. The van der Waals surface area contributed by atoms with Crippen LogP contribution in [-0.2, 0) is 11.3 Å². The molecule has 23 heavy (non-hydrogen) atoms. The summed E-state index contributed by atoms with van der Waals surface area (Å²) < 4.78 is 5.53. The van der Waals surface area contributed by atoms with E-state index in [0.29, 0.717) is 19.6 Å². The van der Waals surface area contributed by atoms with E-state index >= 15 is 0 Å². The molecule has 2 N–H and O–H groups in total. The van der Waals surface area contributed by atoms with Gasteiger partial charge in [-0.15, -0.1) is 0 Å². The Labute approximate surface area is 138 Å². The molecule has 1 aliphatic heterocycles. The number of carbonyl (C=O) groups excluding carboxylic acids is 1. The average molecular weight is 320 g/mol. The lowest BCUT2D eigenvalue weighted by molar-refractivity contribution is 0.000311. The Morgan fingerprint density at radius 1 is 1.35 bits per heavy atom. The highest BCUT2D eigenvalue weighted by Gasteiger charge is 2.39. The number of hydrogen-bond acceptors (Lipinski definition) is 5. The van der Waals surface area contributed by atoms with Gasteiger partial charge in [-0.3, -0.25) is 4.90 Å². The Morgan fingerprint density at radius 2 is 2.04 bits per heavy atom. The van der Waals surface area contributed by atoms with Crippen LogP contribution in [0.5, 0.6) is 0 Å². The summed E-state index contributed by atoms with van der Waals surface area (Å²) in [5, 5.41) is 0. The third-order valence-electron chi connectivity index (χ3n) is 3.84. The Kier molecular flexibility index (Phi) is 4.84. The molecule has 1 saturated heterocycles. The third kappa shape index (κ3) is 4.34. The number of anilines is 1. The zero-order chi connectivity index (χ0) is 17.3. The minimum Gasteiger partial charge on any atom is -0.444 e. The number of piperazine rings is 1. The van der Waals surface area contributed by atoms with Gasteiger partial charge in [0.25, 0.3) is 0 Å². The second-order valence-corrected chi connectivity index (χ2v) is 7.56. The van der Waals surface area contributed by atoms with E-state index in [-0.39, 0.29) is 11.6 Å². The summed E-state index contributed by atoms with van der Waals surface area (Å²) >= 11 is 0. The lowest BCUT2D eigenvalue weighted by Gasteiger charge is -2.47. The molecule has 1 aromatic heterocycles. The Bertz CT molecular complexity index is 566. The summed E-state index contributed by atoms with van der Waals surface area (Å²) in [4.78, 5) is 21.0. The van der Waals surface area contributed by atoms with Gasteiger partial charge in [-0.1, -0.05) is 6.07 Å². The Balaban J connectivity index is 2.11. The summed E-state index contributed by atoms with van der Waals surface area (Å²) in [6, 6.07) is 5.88. The highest BCUT2D eigenvalue weighted by molar-refractivity contribution is 5.70. The van der Waals surface area contributed by atoms with Crippen molar-refractivity contribution in [2.45, 2.75) is 52.3 Å². The quantitative estimate of drug-likeness (QED) is 0.906. The van der Waals surface area contributed by atoms with Gasteiger partial charge in [-0.2, -0.15) is 0 Å². The van der Waals surface area contributed by atoms with E-state index < -0.39 is 5.60 Å². The van der Waals surface area contributed by atoms with Crippen molar-refractivity contribution in [2.24, 2.45) is 5.73 Å². The number of hydrogen-bond donors (Lipinski definition) is 1. The van der Waals surface area contributed by atoms with Crippen molar-refractivity contribution in [3.05, 3.63) is 23.9 Å². The third-order valence-corrected chi connectivity index (χ3v) is 3.84. The maximum Gasteiger partial charge on any atom is 0.410 e. The van der Waals surface area contributed by atoms with Crippen LogP contribution in [0.4, 0.5) is 10.6 Å². The van der Waals surface area contributed by atoms with Crippen molar-refractivity contribution in [1.29, 1.82) is 0 Å². The number of ether oxygens (including phenoxy) is 1. The molecule has 128 valence electrons. The summed E-state index contributed by atoms with van der Waals surface area (Å²) in [7, 11) is 0. The van der Waals surface area contributed by atoms with E-state index in [9.17, 15) is 4.79 Å². The van der Waals surface area contributed by atoms with Gasteiger partial charge in [0.05, 0.1) is 11.2 Å². The summed E-state index contributed by atoms with van der Waals surface area (Å²) in [6.07, 6.45) is -0.259. The fraction of sp³-hybridized carbons (Fsp3) is 0.647. The zero-order valence-corrected chi connectivity index (χ0v) is 14.8. The first-order valence-corrected chi connectivity index (χ1v) is 8.04. The van der Waals surface area contributed by atoms with Crippen LogP contribution >= 0.6 is 0 Å². The smallest absolute Gasteiger partial charge is 0.410 e. The van der Waals surface area contributed by atoms with Crippen LogP contribution in [0, 0.1) is 0 Å². The first-order valence-electron chi connectivity index (χ1n) is 8.04. The lowest BCUT2D eigenvalue weighted by atomic mass is 9.99. The number of rotatable bonds is 2. The topological polar surface area (TPSA) is 71.7 Å². The van der Waals surface area contributed by atoms with Gasteiger partial charge in [-0.25, -0.2) is 9.78 Å². The molecule has 0 spiro atoms. The second-order valence-electron chi connectivity index (χ2n) is 7.56. The predicted octanol–water partition coefficient (Wildman–Crippen LogP) is 2.38. The van der Waals surface area contributed by atoms with Crippen molar-refractivity contribution in [3.8, 4) is 0 Å². The van der Waals surface area contributed by atoms with Crippen molar-refractivity contribution >= 4 is 11.9 Å². The van der Waals surface area contributed by atoms with Crippen LogP contribution < -0.4 is 10.6 Å². The van der Waals surface area contributed by atoms with E-state index in [1.54, 1.807) is 0 Å².